The fraction of sp³-hybridized carbons (Fsp3) is 0.667. The van der Waals surface area contributed by atoms with Gasteiger partial charge in [-0.05, 0) is 6.92 Å². The van der Waals surface area contributed by atoms with E-state index in [0.29, 0.717) is 17.5 Å². The maximum atomic E-state index is 11.0. The Morgan fingerprint density at radius 2 is 2.73 bits per heavy atom. The van der Waals surface area contributed by atoms with Gasteiger partial charge < -0.3 is 10.5 Å². The van der Waals surface area contributed by atoms with Gasteiger partial charge in [0.25, 0.3) is 0 Å². The zero-order valence-electron chi connectivity index (χ0n) is 6.24. The number of amidine groups is 1. The number of hydrogen-bond donors (Lipinski definition) is 1. The summed E-state index contributed by atoms with van der Waals surface area (Å²) in [5.74, 6) is 0.338. The van der Waals surface area contributed by atoms with Crippen molar-refractivity contribution in [2.24, 2.45) is 10.7 Å². The highest BCUT2D eigenvalue weighted by Crippen LogP contribution is 2.15. The number of nitrogens with two attached hydrogens (primary N) is 1. The molecule has 0 fully saturated rings. The van der Waals surface area contributed by atoms with Gasteiger partial charge in [-0.3, -0.25) is 0 Å². The van der Waals surface area contributed by atoms with Crippen LogP contribution in [-0.4, -0.2) is 29.5 Å². The molecule has 2 N–H and O–H groups in total. The zero-order chi connectivity index (χ0) is 8.27. The summed E-state index contributed by atoms with van der Waals surface area (Å²) in [6.07, 6.45) is 0. The standard InChI is InChI=1S/C6H10N2O2S/c1-2-10-5(9)4-3-11-6(7)8-4/h4H,2-3H2,1H3,(H2,7,8). The largest absolute Gasteiger partial charge is 0.464 e. The number of carbonyl (C=O) groups excluding carboxylic acids is 1. The van der Waals surface area contributed by atoms with E-state index < -0.39 is 0 Å². The fourth-order valence-electron chi connectivity index (χ4n) is 0.752. The Bertz CT molecular complexity index is 193. The molecule has 0 amide bonds. The molecule has 0 spiro atoms. The van der Waals surface area contributed by atoms with Gasteiger partial charge in [0.15, 0.2) is 11.2 Å². The van der Waals surface area contributed by atoms with Crippen LogP contribution in [0.15, 0.2) is 4.99 Å². The van der Waals surface area contributed by atoms with Crippen molar-refractivity contribution >= 4 is 22.9 Å². The highest BCUT2D eigenvalue weighted by atomic mass is 32.2. The predicted octanol–water partition coefficient (Wildman–Crippen LogP) is -0.0204. The van der Waals surface area contributed by atoms with Gasteiger partial charge in [-0.25, -0.2) is 9.79 Å². The van der Waals surface area contributed by atoms with Crippen molar-refractivity contribution in [3.05, 3.63) is 0 Å². The molecule has 4 nitrogen and oxygen atoms in total. The maximum Gasteiger partial charge on any atom is 0.331 e. The van der Waals surface area contributed by atoms with Crippen LogP contribution >= 0.6 is 11.8 Å². The van der Waals surface area contributed by atoms with E-state index in [0.717, 1.165) is 0 Å². The van der Waals surface area contributed by atoms with Crippen LogP contribution in [0.4, 0.5) is 0 Å². The molecule has 1 unspecified atom stereocenters. The van der Waals surface area contributed by atoms with Crippen LogP contribution in [0.2, 0.25) is 0 Å². The van der Waals surface area contributed by atoms with Crippen LogP contribution in [-0.2, 0) is 9.53 Å². The smallest absolute Gasteiger partial charge is 0.331 e. The van der Waals surface area contributed by atoms with Gasteiger partial charge in [-0.15, -0.1) is 0 Å². The van der Waals surface area contributed by atoms with E-state index in [1.54, 1.807) is 6.92 Å². The Morgan fingerprint density at radius 3 is 3.18 bits per heavy atom. The summed E-state index contributed by atoms with van der Waals surface area (Å²) in [4.78, 5) is 14.9. The molecule has 11 heavy (non-hydrogen) atoms. The summed E-state index contributed by atoms with van der Waals surface area (Å²) in [5.41, 5.74) is 5.36. The first-order valence-corrected chi connectivity index (χ1v) is 4.35. The van der Waals surface area contributed by atoms with Gasteiger partial charge in [0.2, 0.25) is 0 Å². The molecule has 0 aromatic heterocycles. The molecule has 0 saturated carbocycles. The monoisotopic (exact) mass is 174 g/mol. The van der Waals surface area contributed by atoms with E-state index in [1.165, 1.54) is 11.8 Å². The van der Waals surface area contributed by atoms with Crippen molar-refractivity contribution in [2.45, 2.75) is 13.0 Å². The highest BCUT2D eigenvalue weighted by molar-refractivity contribution is 8.14. The van der Waals surface area contributed by atoms with E-state index >= 15 is 0 Å². The summed E-state index contributed by atoms with van der Waals surface area (Å²) >= 11 is 1.39. The van der Waals surface area contributed by atoms with Crippen LogP contribution < -0.4 is 5.73 Å². The second kappa shape index (κ2) is 3.61. The Morgan fingerprint density at radius 1 is 2.00 bits per heavy atom. The van der Waals surface area contributed by atoms with Gasteiger partial charge in [0.05, 0.1) is 6.61 Å². The quantitative estimate of drug-likeness (QED) is 0.597. The Labute approximate surface area is 69.2 Å². The van der Waals surface area contributed by atoms with Gasteiger partial charge in [0, 0.05) is 5.75 Å². The van der Waals surface area contributed by atoms with Crippen LogP contribution in [0, 0.1) is 0 Å². The third-order valence-corrected chi connectivity index (χ3v) is 2.11. The Balaban J connectivity index is 2.43. The Hall–Kier alpha value is -0.710. The molecule has 1 aliphatic heterocycles. The lowest BCUT2D eigenvalue weighted by atomic mass is 10.4. The van der Waals surface area contributed by atoms with Crippen LogP contribution in [0.3, 0.4) is 0 Å². The predicted molar refractivity (Wildman–Crippen MR) is 44.5 cm³/mol. The van der Waals surface area contributed by atoms with E-state index in [-0.39, 0.29) is 12.0 Å². The summed E-state index contributed by atoms with van der Waals surface area (Å²) in [5, 5.41) is 0.475. The molecule has 62 valence electrons. The van der Waals surface area contributed by atoms with Gasteiger partial charge in [-0.1, -0.05) is 11.8 Å². The van der Waals surface area contributed by atoms with E-state index in [9.17, 15) is 4.79 Å². The molecular weight excluding hydrogens is 164 g/mol. The summed E-state index contributed by atoms with van der Waals surface area (Å²) in [6.45, 7) is 2.17. The van der Waals surface area contributed by atoms with Gasteiger partial charge in [-0.2, -0.15) is 0 Å². The molecular formula is C6H10N2O2S. The number of aliphatic imine (C=N–C) groups is 1. The van der Waals surface area contributed by atoms with Gasteiger partial charge in [0.1, 0.15) is 0 Å². The van der Waals surface area contributed by atoms with E-state index in [1.807, 2.05) is 0 Å². The number of ether oxygens (including phenoxy) is 1. The average molecular weight is 174 g/mol. The molecule has 0 radical (unpaired) electrons. The van der Waals surface area contributed by atoms with Crippen LogP contribution in [0.5, 0.6) is 0 Å². The van der Waals surface area contributed by atoms with Crippen molar-refractivity contribution in [3.63, 3.8) is 0 Å². The minimum atomic E-state index is -0.375. The van der Waals surface area contributed by atoms with Crippen LogP contribution in [0.1, 0.15) is 6.92 Å². The highest BCUT2D eigenvalue weighted by Gasteiger charge is 2.24. The average Bonchev–Trinajstić information content (AvgIpc) is 2.36. The van der Waals surface area contributed by atoms with Crippen molar-refractivity contribution in [2.75, 3.05) is 12.4 Å². The Kier molecular flexibility index (Phi) is 2.76. The molecule has 1 rings (SSSR count). The van der Waals surface area contributed by atoms with E-state index in [4.69, 9.17) is 10.5 Å². The second-order valence-electron chi connectivity index (χ2n) is 2.05. The number of carbonyl (C=O) groups is 1. The van der Waals surface area contributed by atoms with Crippen molar-refractivity contribution in [1.82, 2.24) is 0 Å². The number of nitrogens with zero attached hydrogens (tertiary/aromatic N) is 1. The summed E-state index contributed by atoms with van der Waals surface area (Å²) in [7, 11) is 0. The van der Waals surface area contributed by atoms with Crippen molar-refractivity contribution in [3.8, 4) is 0 Å². The molecule has 1 atom stereocenters. The summed E-state index contributed by atoms with van der Waals surface area (Å²) in [6, 6.07) is -0.375. The fourth-order valence-corrected chi connectivity index (χ4v) is 1.49. The lowest BCUT2D eigenvalue weighted by molar-refractivity contribution is -0.143. The van der Waals surface area contributed by atoms with E-state index in [2.05, 4.69) is 4.99 Å². The van der Waals surface area contributed by atoms with Crippen molar-refractivity contribution < 1.29 is 9.53 Å². The first kappa shape index (κ1) is 8.39. The first-order valence-electron chi connectivity index (χ1n) is 3.36. The molecule has 5 heteroatoms. The number of esters is 1. The summed E-state index contributed by atoms with van der Waals surface area (Å²) < 4.78 is 4.76. The minimum absolute atomic E-state index is 0.277. The van der Waals surface area contributed by atoms with Gasteiger partial charge >= 0.3 is 5.97 Å². The lowest BCUT2D eigenvalue weighted by Crippen LogP contribution is -2.21. The number of hydrogen-bond acceptors (Lipinski definition) is 5. The third-order valence-electron chi connectivity index (χ3n) is 1.23. The SMILES string of the molecule is CCOC(=O)C1CSC(N)=N1. The third kappa shape index (κ3) is 2.11. The molecule has 1 aliphatic rings. The second-order valence-corrected chi connectivity index (χ2v) is 3.09. The molecule has 0 aromatic carbocycles. The lowest BCUT2D eigenvalue weighted by Gasteiger charge is -2.03. The van der Waals surface area contributed by atoms with Crippen molar-refractivity contribution in [1.29, 1.82) is 0 Å². The molecule has 0 bridgehead atoms. The first-order chi connectivity index (χ1) is 5.24. The molecule has 0 saturated heterocycles. The number of rotatable bonds is 2. The molecule has 1 heterocycles. The molecule has 0 aromatic rings. The number of thioether (sulfide) groups is 1. The minimum Gasteiger partial charge on any atom is -0.464 e. The topological polar surface area (TPSA) is 64.7 Å². The molecule has 0 aliphatic carbocycles. The maximum absolute atomic E-state index is 11.0. The zero-order valence-corrected chi connectivity index (χ0v) is 7.06. The van der Waals surface area contributed by atoms with Crippen LogP contribution in [0.25, 0.3) is 0 Å². The normalized spacial score (nSPS) is 23.0.